The van der Waals surface area contributed by atoms with Crippen LogP contribution in [0.4, 0.5) is 5.69 Å². The predicted octanol–water partition coefficient (Wildman–Crippen LogP) is 2.04. The van der Waals surface area contributed by atoms with Crippen LogP contribution in [0, 0.1) is 5.92 Å². The van der Waals surface area contributed by atoms with Crippen molar-refractivity contribution in [3.05, 3.63) is 29.8 Å². The molecule has 2 rings (SSSR count). The van der Waals surface area contributed by atoms with Gasteiger partial charge in [0.2, 0.25) is 5.91 Å². The molecule has 0 aliphatic carbocycles. The monoisotopic (exact) mass is 375 g/mol. The number of amides is 2. The van der Waals surface area contributed by atoms with Crippen LogP contribution in [0.3, 0.4) is 0 Å². The van der Waals surface area contributed by atoms with E-state index in [0.717, 1.165) is 6.42 Å². The van der Waals surface area contributed by atoms with Gasteiger partial charge in [-0.1, -0.05) is 6.92 Å². The van der Waals surface area contributed by atoms with Crippen molar-refractivity contribution >= 4 is 23.5 Å². The minimum absolute atomic E-state index is 0.0596. The van der Waals surface area contributed by atoms with E-state index < -0.39 is 0 Å². The maximum atomic E-state index is 12.2. The van der Waals surface area contributed by atoms with E-state index in [1.807, 2.05) is 18.7 Å². The smallest absolute Gasteiger partial charge is 0.309 e. The van der Waals surface area contributed by atoms with Crippen LogP contribution in [0.1, 0.15) is 43.5 Å². The number of likely N-dealkylation sites (tertiary alicyclic amines) is 1. The van der Waals surface area contributed by atoms with Gasteiger partial charge < -0.3 is 15.4 Å². The molecule has 1 heterocycles. The van der Waals surface area contributed by atoms with E-state index >= 15 is 0 Å². The highest BCUT2D eigenvalue weighted by molar-refractivity contribution is 5.96. The van der Waals surface area contributed by atoms with Crippen LogP contribution in [-0.2, 0) is 14.3 Å². The molecule has 1 aromatic rings. The summed E-state index contributed by atoms with van der Waals surface area (Å²) in [6, 6.07) is 6.86. The Labute approximate surface area is 160 Å². The van der Waals surface area contributed by atoms with Crippen molar-refractivity contribution in [2.75, 3.05) is 38.1 Å². The zero-order chi connectivity index (χ0) is 19.6. The van der Waals surface area contributed by atoms with Crippen LogP contribution in [0.25, 0.3) is 0 Å². The Bertz CT molecular complexity index is 637. The molecule has 1 aliphatic heterocycles. The molecule has 0 aromatic heterocycles. The topological polar surface area (TPSA) is 87.7 Å². The van der Waals surface area contributed by atoms with Gasteiger partial charge in [0.15, 0.2) is 0 Å². The van der Waals surface area contributed by atoms with Crippen molar-refractivity contribution in [1.82, 2.24) is 10.2 Å². The molecule has 1 aromatic carbocycles. The lowest BCUT2D eigenvalue weighted by Gasteiger charge is -2.30. The minimum Gasteiger partial charge on any atom is -0.466 e. The summed E-state index contributed by atoms with van der Waals surface area (Å²) in [7, 11) is 0. The van der Waals surface area contributed by atoms with Crippen LogP contribution in [0.5, 0.6) is 0 Å². The standard InChI is InChI=1S/C20H29N3O4/c1-3-11-21-19(25)15-5-7-17(8-6-15)22-18(24)14-23-12-9-16(10-13-23)20(26)27-4-2/h5-8,16H,3-4,9-14H2,1-2H3,(H,21,25)(H,22,24). The number of ether oxygens (including phenoxy) is 1. The van der Waals surface area contributed by atoms with Crippen LogP contribution in [0.2, 0.25) is 0 Å². The first kappa shape index (κ1) is 20.9. The molecular weight excluding hydrogens is 346 g/mol. The van der Waals surface area contributed by atoms with Crippen LogP contribution in [0.15, 0.2) is 24.3 Å². The van der Waals surface area contributed by atoms with Gasteiger partial charge in [0, 0.05) is 17.8 Å². The van der Waals surface area contributed by atoms with Crippen molar-refractivity contribution in [2.45, 2.75) is 33.1 Å². The Morgan fingerprint density at radius 2 is 1.78 bits per heavy atom. The average molecular weight is 375 g/mol. The highest BCUT2D eigenvalue weighted by atomic mass is 16.5. The summed E-state index contributed by atoms with van der Waals surface area (Å²) in [6.45, 7) is 6.54. The van der Waals surface area contributed by atoms with Gasteiger partial charge >= 0.3 is 5.97 Å². The molecule has 0 radical (unpaired) electrons. The zero-order valence-corrected chi connectivity index (χ0v) is 16.1. The number of anilines is 1. The Kier molecular flexibility index (Phi) is 8.26. The maximum Gasteiger partial charge on any atom is 0.309 e. The lowest BCUT2D eigenvalue weighted by molar-refractivity contribution is -0.149. The predicted molar refractivity (Wildman–Crippen MR) is 103 cm³/mol. The minimum atomic E-state index is -0.135. The van der Waals surface area contributed by atoms with Gasteiger partial charge in [-0.15, -0.1) is 0 Å². The van der Waals surface area contributed by atoms with E-state index in [1.54, 1.807) is 24.3 Å². The molecule has 1 aliphatic rings. The number of carbonyl (C=O) groups excluding carboxylic acids is 3. The Morgan fingerprint density at radius 3 is 2.37 bits per heavy atom. The molecule has 7 nitrogen and oxygen atoms in total. The number of nitrogens with zero attached hydrogens (tertiary/aromatic N) is 1. The first-order chi connectivity index (χ1) is 13.0. The molecule has 1 saturated heterocycles. The SMILES string of the molecule is CCCNC(=O)c1ccc(NC(=O)CN2CCC(C(=O)OCC)CC2)cc1. The number of nitrogens with one attached hydrogen (secondary N) is 2. The highest BCUT2D eigenvalue weighted by Crippen LogP contribution is 2.18. The highest BCUT2D eigenvalue weighted by Gasteiger charge is 2.26. The largest absolute Gasteiger partial charge is 0.466 e. The van der Waals surface area contributed by atoms with E-state index in [2.05, 4.69) is 10.6 Å². The first-order valence-corrected chi connectivity index (χ1v) is 9.60. The molecular formula is C20H29N3O4. The van der Waals surface area contributed by atoms with E-state index in [1.165, 1.54) is 0 Å². The summed E-state index contributed by atoms with van der Waals surface area (Å²) >= 11 is 0. The first-order valence-electron chi connectivity index (χ1n) is 9.60. The second-order valence-electron chi connectivity index (χ2n) is 6.68. The number of hydrogen-bond acceptors (Lipinski definition) is 5. The van der Waals surface area contributed by atoms with E-state index in [9.17, 15) is 14.4 Å². The van der Waals surface area contributed by atoms with Gasteiger partial charge in [0.25, 0.3) is 5.91 Å². The number of benzene rings is 1. The second-order valence-corrected chi connectivity index (χ2v) is 6.68. The summed E-state index contributed by atoms with van der Waals surface area (Å²) in [4.78, 5) is 37.9. The van der Waals surface area contributed by atoms with Crippen molar-refractivity contribution < 1.29 is 19.1 Å². The summed E-state index contributed by atoms with van der Waals surface area (Å²) < 4.78 is 5.06. The van der Waals surface area contributed by atoms with Crippen molar-refractivity contribution in [3.63, 3.8) is 0 Å². The van der Waals surface area contributed by atoms with Crippen molar-refractivity contribution in [3.8, 4) is 0 Å². The fourth-order valence-electron chi connectivity index (χ4n) is 3.04. The molecule has 7 heteroatoms. The molecule has 148 valence electrons. The van der Waals surface area contributed by atoms with Crippen LogP contribution >= 0.6 is 0 Å². The maximum absolute atomic E-state index is 12.2. The molecule has 27 heavy (non-hydrogen) atoms. The average Bonchev–Trinajstić information content (AvgIpc) is 2.67. The molecule has 0 bridgehead atoms. The number of rotatable bonds is 8. The van der Waals surface area contributed by atoms with E-state index in [4.69, 9.17) is 4.74 Å². The number of carbonyl (C=O) groups is 3. The van der Waals surface area contributed by atoms with Crippen LogP contribution < -0.4 is 10.6 Å². The molecule has 0 spiro atoms. The third-order valence-corrected chi connectivity index (χ3v) is 4.54. The van der Waals surface area contributed by atoms with Gasteiger partial charge in [0.05, 0.1) is 19.1 Å². The fraction of sp³-hybridized carbons (Fsp3) is 0.550. The third-order valence-electron chi connectivity index (χ3n) is 4.54. The summed E-state index contributed by atoms with van der Waals surface area (Å²) in [5.74, 6) is -0.410. The van der Waals surface area contributed by atoms with Gasteiger partial charge in [-0.25, -0.2) is 0 Å². The second kappa shape index (κ2) is 10.7. The summed E-state index contributed by atoms with van der Waals surface area (Å²) in [5.41, 5.74) is 1.23. The van der Waals surface area contributed by atoms with E-state index in [0.29, 0.717) is 50.3 Å². The Morgan fingerprint density at radius 1 is 1.11 bits per heavy atom. The lowest BCUT2D eigenvalue weighted by atomic mass is 9.97. The van der Waals surface area contributed by atoms with Crippen molar-refractivity contribution in [1.29, 1.82) is 0 Å². The number of hydrogen-bond donors (Lipinski definition) is 2. The summed E-state index contributed by atoms with van der Waals surface area (Å²) in [6.07, 6.45) is 2.32. The fourth-order valence-corrected chi connectivity index (χ4v) is 3.04. The van der Waals surface area contributed by atoms with Crippen LogP contribution in [-0.4, -0.2) is 55.5 Å². The number of esters is 1. The number of piperidine rings is 1. The summed E-state index contributed by atoms with van der Waals surface area (Å²) in [5, 5.41) is 5.67. The van der Waals surface area contributed by atoms with Gasteiger partial charge in [-0.3, -0.25) is 19.3 Å². The Hall–Kier alpha value is -2.41. The van der Waals surface area contributed by atoms with Crippen molar-refractivity contribution in [2.24, 2.45) is 5.92 Å². The molecule has 0 saturated carbocycles. The zero-order valence-electron chi connectivity index (χ0n) is 16.1. The normalized spacial score (nSPS) is 15.2. The van der Waals surface area contributed by atoms with Gasteiger partial charge in [0.1, 0.15) is 0 Å². The third kappa shape index (κ3) is 6.67. The van der Waals surface area contributed by atoms with E-state index in [-0.39, 0.29) is 30.2 Å². The molecule has 1 fully saturated rings. The molecule has 0 unspecified atom stereocenters. The quantitative estimate of drug-likeness (QED) is 0.679. The Balaban J connectivity index is 1.76. The van der Waals surface area contributed by atoms with Gasteiger partial charge in [-0.2, -0.15) is 0 Å². The lowest BCUT2D eigenvalue weighted by Crippen LogP contribution is -2.41. The molecule has 2 N–H and O–H groups in total. The van der Waals surface area contributed by atoms with Gasteiger partial charge in [-0.05, 0) is 63.5 Å². The molecule has 0 atom stereocenters. The molecule has 2 amide bonds.